The average molecular weight is 336 g/mol. The van der Waals surface area contributed by atoms with E-state index in [1.54, 1.807) is 18.2 Å². The fourth-order valence-corrected chi connectivity index (χ4v) is 2.67. The van der Waals surface area contributed by atoms with Crippen molar-refractivity contribution in [1.29, 1.82) is 0 Å². The molecule has 1 heterocycles. The van der Waals surface area contributed by atoms with Gasteiger partial charge in [0.15, 0.2) is 0 Å². The van der Waals surface area contributed by atoms with E-state index in [4.69, 9.17) is 17.3 Å². The van der Waals surface area contributed by atoms with Gasteiger partial charge in [0, 0.05) is 12.5 Å². The molecule has 3 aromatic rings. The summed E-state index contributed by atoms with van der Waals surface area (Å²) < 4.78 is 28.2. The molecule has 2 aromatic carbocycles. The molecule has 0 unspecified atom stereocenters. The summed E-state index contributed by atoms with van der Waals surface area (Å²) in [6, 6.07) is 7.68. The number of nitrogens with zero attached hydrogens (tertiary/aromatic N) is 2. The van der Waals surface area contributed by atoms with E-state index in [9.17, 15) is 13.6 Å². The number of para-hydroxylation sites is 1. The highest BCUT2D eigenvalue weighted by molar-refractivity contribution is 6.34. The molecule has 0 fully saturated rings. The highest BCUT2D eigenvalue weighted by atomic mass is 35.5. The molecule has 118 valence electrons. The van der Waals surface area contributed by atoms with Crippen LogP contribution in [-0.4, -0.2) is 16.1 Å². The van der Waals surface area contributed by atoms with Crippen molar-refractivity contribution in [3.05, 3.63) is 69.2 Å². The van der Waals surface area contributed by atoms with E-state index in [0.29, 0.717) is 16.4 Å². The summed E-state index contributed by atoms with van der Waals surface area (Å²) in [6.45, 7) is 0.222. The van der Waals surface area contributed by atoms with Crippen LogP contribution in [0.15, 0.2) is 41.2 Å². The molecule has 0 radical (unpaired) electrons. The van der Waals surface area contributed by atoms with Gasteiger partial charge in [-0.05, 0) is 30.8 Å². The van der Waals surface area contributed by atoms with Gasteiger partial charge in [-0.25, -0.2) is 13.8 Å². The molecule has 2 N–H and O–H groups in total. The van der Waals surface area contributed by atoms with Crippen molar-refractivity contribution in [2.75, 3.05) is 6.54 Å². The van der Waals surface area contributed by atoms with E-state index >= 15 is 0 Å². The van der Waals surface area contributed by atoms with Gasteiger partial charge < -0.3 is 5.73 Å². The summed E-state index contributed by atoms with van der Waals surface area (Å²) in [4.78, 5) is 17.1. The first-order valence-electron chi connectivity index (χ1n) is 6.88. The number of nitrogens with two attached hydrogens (primary N) is 1. The van der Waals surface area contributed by atoms with Crippen LogP contribution in [0, 0.1) is 11.6 Å². The Labute approximate surface area is 135 Å². The Hall–Kier alpha value is -2.31. The van der Waals surface area contributed by atoms with Crippen molar-refractivity contribution in [2.24, 2.45) is 5.73 Å². The Balaban J connectivity index is 2.40. The van der Waals surface area contributed by atoms with E-state index in [2.05, 4.69) is 4.98 Å². The van der Waals surface area contributed by atoms with Crippen LogP contribution in [0.2, 0.25) is 5.02 Å². The normalized spacial score (nSPS) is 11.1. The first kappa shape index (κ1) is 15.6. The van der Waals surface area contributed by atoms with Gasteiger partial charge in [0.25, 0.3) is 5.56 Å². The lowest BCUT2D eigenvalue weighted by Crippen LogP contribution is -2.25. The minimum absolute atomic E-state index is 0.0605. The molecule has 0 spiro atoms. The second-order valence-electron chi connectivity index (χ2n) is 4.97. The Morgan fingerprint density at radius 3 is 2.52 bits per heavy atom. The smallest absolute Gasteiger partial charge is 0.266 e. The molecule has 1 aromatic heterocycles. The first-order valence-corrected chi connectivity index (χ1v) is 7.25. The minimum atomic E-state index is -0.781. The molecule has 0 aliphatic heterocycles. The molecular formula is C16H12ClF2N3O. The van der Waals surface area contributed by atoms with Crippen molar-refractivity contribution in [2.45, 2.75) is 6.42 Å². The maximum absolute atomic E-state index is 13.5. The Morgan fingerprint density at radius 1 is 1.17 bits per heavy atom. The minimum Gasteiger partial charge on any atom is -0.330 e. The maximum atomic E-state index is 13.5. The average Bonchev–Trinajstić information content (AvgIpc) is 2.48. The summed E-state index contributed by atoms with van der Waals surface area (Å²) in [5.41, 5.74) is 5.51. The molecule has 23 heavy (non-hydrogen) atoms. The van der Waals surface area contributed by atoms with Crippen LogP contribution in [0.3, 0.4) is 0 Å². The van der Waals surface area contributed by atoms with Crippen LogP contribution in [0.1, 0.15) is 5.82 Å². The largest absolute Gasteiger partial charge is 0.330 e. The molecule has 0 atom stereocenters. The highest BCUT2D eigenvalue weighted by Crippen LogP contribution is 2.21. The Bertz CT molecular complexity index is 936. The number of fused-ring (bicyclic) bond motifs is 1. The van der Waals surface area contributed by atoms with E-state index in [1.165, 1.54) is 0 Å². The highest BCUT2D eigenvalue weighted by Gasteiger charge is 2.15. The van der Waals surface area contributed by atoms with Crippen LogP contribution < -0.4 is 11.3 Å². The van der Waals surface area contributed by atoms with Crippen LogP contribution in [0.4, 0.5) is 8.78 Å². The fourth-order valence-electron chi connectivity index (χ4n) is 2.45. The number of hydrogen-bond donors (Lipinski definition) is 1. The number of hydrogen-bond acceptors (Lipinski definition) is 3. The van der Waals surface area contributed by atoms with Crippen LogP contribution >= 0.6 is 11.6 Å². The topological polar surface area (TPSA) is 60.9 Å². The lowest BCUT2D eigenvalue weighted by atomic mass is 10.2. The van der Waals surface area contributed by atoms with Gasteiger partial charge in [-0.2, -0.15) is 0 Å². The molecule has 3 rings (SSSR count). The first-order chi connectivity index (χ1) is 11.0. The van der Waals surface area contributed by atoms with Crippen LogP contribution in [0.5, 0.6) is 0 Å². The van der Waals surface area contributed by atoms with Crippen molar-refractivity contribution < 1.29 is 8.78 Å². The summed E-state index contributed by atoms with van der Waals surface area (Å²) in [6.07, 6.45) is 0.258. The zero-order valence-electron chi connectivity index (χ0n) is 11.9. The van der Waals surface area contributed by atoms with E-state index in [1.807, 2.05) is 0 Å². The van der Waals surface area contributed by atoms with Crippen molar-refractivity contribution in [3.8, 4) is 5.69 Å². The Morgan fingerprint density at radius 2 is 1.87 bits per heavy atom. The van der Waals surface area contributed by atoms with Gasteiger partial charge in [-0.3, -0.25) is 9.36 Å². The zero-order chi connectivity index (χ0) is 16.6. The summed E-state index contributed by atoms with van der Waals surface area (Å²) in [5.74, 6) is -1.27. The van der Waals surface area contributed by atoms with Gasteiger partial charge in [0.2, 0.25) is 0 Å². The quantitative estimate of drug-likeness (QED) is 0.800. The maximum Gasteiger partial charge on any atom is 0.266 e. The Kier molecular flexibility index (Phi) is 4.11. The van der Waals surface area contributed by atoms with Crippen molar-refractivity contribution >= 4 is 22.5 Å². The lowest BCUT2D eigenvalue weighted by Gasteiger charge is -2.14. The van der Waals surface area contributed by atoms with Crippen LogP contribution in [-0.2, 0) is 6.42 Å². The second-order valence-corrected chi connectivity index (χ2v) is 5.38. The molecular weight excluding hydrogens is 324 g/mol. The molecule has 0 aliphatic carbocycles. The molecule has 0 bridgehead atoms. The molecule has 0 aliphatic rings. The summed E-state index contributed by atoms with van der Waals surface area (Å²) in [7, 11) is 0. The number of aromatic nitrogens is 2. The van der Waals surface area contributed by atoms with Gasteiger partial charge >= 0.3 is 0 Å². The third kappa shape index (κ3) is 2.83. The predicted molar refractivity (Wildman–Crippen MR) is 85.0 cm³/mol. The SMILES string of the molecule is NCCc1nc2c(Cl)cccc2c(=O)n1-c1cc(F)cc(F)c1. The third-order valence-electron chi connectivity index (χ3n) is 3.39. The molecule has 7 heteroatoms. The number of benzene rings is 2. The standard InChI is InChI=1S/C16H12ClF2N3O/c17-13-3-1-2-12-15(13)21-14(4-5-20)22(16(12)23)11-7-9(18)6-10(19)8-11/h1-3,6-8H,4-5,20H2. The van der Waals surface area contributed by atoms with E-state index in [0.717, 1.165) is 22.8 Å². The summed E-state index contributed by atoms with van der Waals surface area (Å²) >= 11 is 6.09. The van der Waals surface area contributed by atoms with Gasteiger partial charge in [0.1, 0.15) is 17.5 Å². The van der Waals surface area contributed by atoms with E-state index < -0.39 is 17.2 Å². The molecule has 4 nitrogen and oxygen atoms in total. The van der Waals surface area contributed by atoms with Crippen molar-refractivity contribution in [3.63, 3.8) is 0 Å². The van der Waals surface area contributed by atoms with Crippen LogP contribution in [0.25, 0.3) is 16.6 Å². The summed E-state index contributed by atoms with van der Waals surface area (Å²) in [5, 5.41) is 0.596. The molecule has 0 amide bonds. The monoisotopic (exact) mass is 335 g/mol. The van der Waals surface area contributed by atoms with Crippen molar-refractivity contribution in [1.82, 2.24) is 9.55 Å². The van der Waals surface area contributed by atoms with Gasteiger partial charge in [0.05, 0.1) is 21.6 Å². The number of rotatable bonds is 3. The van der Waals surface area contributed by atoms with Gasteiger partial charge in [-0.1, -0.05) is 17.7 Å². The zero-order valence-corrected chi connectivity index (χ0v) is 12.6. The molecule has 0 saturated carbocycles. The predicted octanol–water partition coefficient (Wildman–Crippen LogP) is 2.82. The van der Waals surface area contributed by atoms with Gasteiger partial charge in [-0.15, -0.1) is 0 Å². The lowest BCUT2D eigenvalue weighted by molar-refractivity contribution is 0.580. The molecule has 0 saturated heterocycles. The fraction of sp³-hybridized carbons (Fsp3) is 0.125. The van der Waals surface area contributed by atoms with E-state index in [-0.39, 0.29) is 24.0 Å². The number of halogens is 3. The third-order valence-corrected chi connectivity index (χ3v) is 3.70. The second kappa shape index (κ2) is 6.06.